The molecule has 2 aliphatic rings. The number of ether oxygens (including phenoxy) is 1. The topological polar surface area (TPSA) is 32.8 Å². The summed E-state index contributed by atoms with van der Waals surface area (Å²) in [6, 6.07) is 0. The van der Waals surface area contributed by atoms with Gasteiger partial charge in [-0.2, -0.15) is 0 Å². The van der Waals surface area contributed by atoms with Crippen LogP contribution in [0.5, 0.6) is 0 Å². The Morgan fingerprint density at radius 1 is 1.39 bits per heavy atom. The lowest BCUT2D eigenvalue weighted by Crippen LogP contribution is -2.55. The smallest absolute Gasteiger partial charge is 0.410 e. The highest BCUT2D eigenvalue weighted by Gasteiger charge is 2.47. The molecule has 0 N–H and O–H groups in total. The summed E-state index contributed by atoms with van der Waals surface area (Å²) in [4.78, 5) is 15.8. The van der Waals surface area contributed by atoms with Gasteiger partial charge >= 0.3 is 6.09 Å². The van der Waals surface area contributed by atoms with Gasteiger partial charge < -0.3 is 14.5 Å². The highest BCUT2D eigenvalue weighted by Crippen LogP contribution is 2.38. The van der Waals surface area contributed by atoms with E-state index in [1.807, 2.05) is 25.7 Å². The molecule has 4 nitrogen and oxygen atoms in total. The average molecular weight is 254 g/mol. The normalized spacial score (nSPS) is 21.3. The van der Waals surface area contributed by atoms with Crippen molar-refractivity contribution in [1.82, 2.24) is 9.80 Å². The van der Waals surface area contributed by atoms with Crippen molar-refractivity contribution >= 4 is 6.09 Å². The van der Waals surface area contributed by atoms with Crippen LogP contribution in [0.25, 0.3) is 0 Å². The van der Waals surface area contributed by atoms with E-state index in [9.17, 15) is 4.79 Å². The van der Waals surface area contributed by atoms with Crippen molar-refractivity contribution < 1.29 is 9.53 Å². The molecule has 2 saturated heterocycles. The summed E-state index contributed by atoms with van der Waals surface area (Å²) in [5.74, 6) is 0. The maximum Gasteiger partial charge on any atom is 0.410 e. The Balaban J connectivity index is 0.000000492. The minimum atomic E-state index is -0.142. The Bertz CT molecular complexity index is 296. The van der Waals surface area contributed by atoms with Crippen LogP contribution in [0.15, 0.2) is 12.7 Å². The molecule has 1 amide bonds. The van der Waals surface area contributed by atoms with Crippen LogP contribution in [0.1, 0.15) is 27.2 Å². The highest BCUT2D eigenvalue weighted by molar-refractivity contribution is 5.68. The van der Waals surface area contributed by atoms with Gasteiger partial charge in [-0.05, 0) is 34.2 Å². The summed E-state index contributed by atoms with van der Waals surface area (Å²) in [5, 5.41) is 0. The predicted octanol–water partition coefficient (Wildman–Crippen LogP) is 2.36. The molecule has 4 heteroatoms. The second-order valence-electron chi connectivity index (χ2n) is 5.68. The molecule has 0 aromatic heterocycles. The molecule has 0 unspecified atom stereocenters. The van der Waals surface area contributed by atoms with Crippen molar-refractivity contribution in [3.8, 4) is 0 Å². The first-order valence-corrected chi connectivity index (χ1v) is 6.63. The highest BCUT2D eigenvalue weighted by atomic mass is 16.6. The lowest BCUT2D eigenvalue weighted by molar-refractivity contribution is 0.0257. The van der Waals surface area contributed by atoms with E-state index >= 15 is 0 Å². The van der Waals surface area contributed by atoms with Crippen LogP contribution < -0.4 is 0 Å². The number of carbonyl (C=O) groups is 1. The lowest BCUT2D eigenvalue weighted by Gasteiger charge is -2.45. The third-order valence-electron chi connectivity index (χ3n) is 3.24. The van der Waals surface area contributed by atoms with Crippen LogP contribution in [0.2, 0.25) is 0 Å². The molecular weight excluding hydrogens is 228 g/mol. The fourth-order valence-corrected chi connectivity index (χ4v) is 2.72. The van der Waals surface area contributed by atoms with E-state index in [-0.39, 0.29) is 12.2 Å². The number of hydrogen-bond acceptors (Lipinski definition) is 3. The summed E-state index contributed by atoms with van der Waals surface area (Å²) in [6.45, 7) is 13.0. The largest absolute Gasteiger partial charge is 0.447 e. The molecule has 2 rings (SSSR count). The average Bonchev–Trinajstić information content (AvgIpc) is 2.62. The van der Waals surface area contributed by atoms with Crippen LogP contribution >= 0.6 is 0 Å². The monoisotopic (exact) mass is 254 g/mol. The van der Waals surface area contributed by atoms with Gasteiger partial charge in [-0.25, -0.2) is 4.79 Å². The first-order valence-electron chi connectivity index (χ1n) is 6.63. The minimum absolute atomic E-state index is 0.0156. The molecule has 0 aliphatic carbocycles. The summed E-state index contributed by atoms with van der Waals surface area (Å²) < 4.78 is 5.20. The number of likely N-dealkylation sites (tertiary alicyclic amines) is 2. The summed E-state index contributed by atoms with van der Waals surface area (Å²) in [7, 11) is 2.13. The molecule has 0 atom stereocenters. The Kier molecular flexibility index (Phi) is 5.20. The van der Waals surface area contributed by atoms with Crippen LogP contribution in [-0.2, 0) is 4.74 Å². The molecule has 0 aromatic rings. The van der Waals surface area contributed by atoms with Crippen molar-refractivity contribution in [3.63, 3.8) is 0 Å². The second-order valence-corrected chi connectivity index (χ2v) is 5.68. The zero-order valence-electron chi connectivity index (χ0n) is 12.1. The van der Waals surface area contributed by atoms with Crippen molar-refractivity contribution in [2.45, 2.75) is 33.3 Å². The van der Waals surface area contributed by atoms with E-state index in [0.717, 1.165) is 32.6 Å². The first kappa shape index (κ1) is 15.0. The minimum Gasteiger partial charge on any atom is -0.447 e. The number of amides is 1. The van der Waals surface area contributed by atoms with Crippen molar-refractivity contribution in [1.29, 1.82) is 0 Å². The summed E-state index contributed by atoms with van der Waals surface area (Å²) in [6.07, 6.45) is 2.72. The van der Waals surface area contributed by atoms with E-state index in [1.165, 1.54) is 0 Å². The molecule has 18 heavy (non-hydrogen) atoms. The SMILES string of the molecule is C=CC.CC(C)OC(=O)N1CCC2(CN(C)C2)C1. The van der Waals surface area contributed by atoms with Crippen molar-refractivity contribution in [2.75, 3.05) is 33.2 Å². The van der Waals surface area contributed by atoms with Crippen LogP contribution in [0, 0.1) is 5.41 Å². The van der Waals surface area contributed by atoms with Crippen molar-refractivity contribution in [3.05, 3.63) is 12.7 Å². The van der Waals surface area contributed by atoms with Gasteiger partial charge in [-0.3, -0.25) is 0 Å². The Hall–Kier alpha value is -1.03. The fourth-order valence-electron chi connectivity index (χ4n) is 2.72. The van der Waals surface area contributed by atoms with Gasteiger partial charge in [0.2, 0.25) is 0 Å². The predicted molar refractivity (Wildman–Crippen MR) is 73.6 cm³/mol. The maximum atomic E-state index is 11.7. The van der Waals surface area contributed by atoms with Crippen LogP contribution in [-0.4, -0.2) is 55.2 Å². The van der Waals surface area contributed by atoms with Gasteiger partial charge in [0.25, 0.3) is 0 Å². The molecule has 2 aliphatic heterocycles. The van der Waals surface area contributed by atoms with Gasteiger partial charge in [0.1, 0.15) is 0 Å². The second kappa shape index (κ2) is 6.23. The van der Waals surface area contributed by atoms with E-state index in [1.54, 1.807) is 6.08 Å². The molecule has 2 heterocycles. The molecular formula is C14H26N2O2. The third-order valence-corrected chi connectivity index (χ3v) is 3.24. The summed E-state index contributed by atoms with van der Waals surface area (Å²) >= 11 is 0. The van der Waals surface area contributed by atoms with Crippen molar-refractivity contribution in [2.24, 2.45) is 5.41 Å². The number of hydrogen-bond donors (Lipinski definition) is 0. The Labute approximate surface area is 111 Å². The van der Waals surface area contributed by atoms with Gasteiger partial charge in [0.05, 0.1) is 6.10 Å². The number of allylic oxidation sites excluding steroid dienone is 1. The van der Waals surface area contributed by atoms with Crippen LogP contribution in [0.3, 0.4) is 0 Å². The Morgan fingerprint density at radius 2 is 1.94 bits per heavy atom. The Morgan fingerprint density at radius 3 is 2.39 bits per heavy atom. The molecule has 0 radical (unpaired) electrons. The third kappa shape index (κ3) is 3.73. The van der Waals surface area contributed by atoms with E-state index < -0.39 is 0 Å². The maximum absolute atomic E-state index is 11.7. The standard InChI is InChI=1S/C11H20N2O2.C3H6/c1-9(2)15-10(14)13-5-4-11(8-13)6-12(3)7-11;1-3-2/h9H,4-8H2,1-3H3;3H,1H2,2H3. The van der Waals surface area contributed by atoms with E-state index in [4.69, 9.17) is 4.74 Å². The summed E-state index contributed by atoms with van der Waals surface area (Å²) in [5.41, 5.74) is 0.380. The number of nitrogens with zero attached hydrogens (tertiary/aromatic N) is 2. The lowest BCUT2D eigenvalue weighted by atomic mass is 9.80. The zero-order chi connectivity index (χ0) is 13.8. The molecule has 2 fully saturated rings. The van der Waals surface area contributed by atoms with Gasteiger partial charge in [0, 0.05) is 31.6 Å². The van der Waals surface area contributed by atoms with Gasteiger partial charge in [-0.1, -0.05) is 6.08 Å². The van der Waals surface area contributed by atoms with E-state index in [0.29, 0.717) is 5.41 Å². The molecule has 0 saturated carbocycles. The molecule has 0 aromatic carbocycles. The zero-order valence-corrected chi connectivity index (χ0v) is 12.1. The number of rotatable bonds is 1. The quantitative estimate of drug-likeness (QED) is 0.673. The first-order chi connectivity index (χ1) is 8.42. The molecule has 1 spiro atoms. The van der Waals surface area contributed by atoms with E-state index in [2.05, 4.69) is 18.5 Å². The van der Waals surface area contributed by atoms with Crippen LogP contribution in [0.4, 0.5) is 4.79 Å². The van der Waals surface area contributed by atoms with Gasteiger partial charge in [0.15, 0.2) is 0 Å². The molecule has 0 bridgehead atoms. The fraction of sp³-hybridized carbons (Fsp3) is 0.786. The van der Waals surface area contributed by atoms with Gasteiger partial charge in [-0.15, -0.1) is 6.58 Å². The number of carbonyl (C=O) groups excluding carboxylic acids is 1. The molecule has 104 valence electrons.